The summed E-state index contributed by atoms with van der Waals surface area (Å²) in [5.41, 5.74) is 0. The molecule has 0 heterocycles. The standard InChI is InChI=1S/3Fe.3Hf.7N/q3*+3;3*+4;7*-3. The van der Waals surface area contributed by atoms with E-state index in [1.807, 2.05) is 0 Å². The first-order valence-corrected chi connectivity index (χ1v) is 0. The third-order valence-electron chi connectivity index (χ3n) is 0. The molecule has 0 aliphatic carbocycles. The topological polar surface area (TPSA) is 214 Å². The molecule has 0 aromatic rings. The molecule has 71 valence electrons. The minimum absolute atomic E-state index is 0. The summed E-state index contributed by atoms with van der Waals surface area (Å²) in [6.45, 7) is 0. The minimum Gasteiger partial charge on any atom is -3.00 e. The Bertz CT molecular complexity index is 18.9. The van der Waals surface area contributed by atoms with Crippen LogP contribution in [0.4, 0.5) is 0 Å². The summed E-state index contributed by atoms with van der Waals surface area (Å²) < 4.78 is 0. The predicted octanol–water partition coefficient (Wildman–Crippen LogP) is 2.01. The molecule has 0 bridgehead atoms. The first kappa shape index (κ1) is 282. The normalized spacial score (nSPS) is 0. The maximum atomic E-state index is 0. The summed E-state index contributed by atoms with van der Waals surface area (Å²) >= 11 is 0. The maximum Gasteiger partial charge on any atom is 4.00 e. The van der Waals surface area contributed by atoms with Crippen LogP contribution < -0.4 is 0 Å². The monoisotopic (exact) mass is 806 g/mol. The molecule has 0 fully saturated rings. The molecule has 0 unspecified atom stereocenters. The molecule has 0 N–H and O–H groups in total. The summed E-state index contributed by atoms with van der Waals surface area (Å²) in [5, 5.41) is 0. The van der Waals surface area contributed by atoms with E-state index in [1.54, 1.807) is 0 Å². The van der Waals surface area contributed by atoms with Crippen LogP contribution in [0.5, 0.6) is 0 Å². The number of hydrogen-bond acceptors (Lipinski definition) is 0. The van der Waals surface area contributed by atoms with Gasteiger partial charge < -0.3 is 43.1 Å². The van der Waals surface area contributed by atoms with Gasteiger partial charge in [-0.05, 0) is 0 Å². The van der Waals surface area contributed by atoms with E-state index >= 15 is 0 Å². The summed E-state index contributed by atoms with van der Waals surface area (Å²) in [5.74, 6) is 0. The van der Waals surface area contributed by atoms with Crippen LogP contribution in [-0.2, 0) is 129 Å². The van der Waals surface area contributed by atoms with Crippen LogP contribution in [0.2, 0.25) is 0 Å². The SMILES string of the molecule is [Fe+3].[Fe+3].[Fe+3].[Hf+4].[Hf+4].[Hf+4].[N-3].[N-3].[N-3].[N-3].[N-3].[N-3].[N-3]. The van der Waals surface area contributed by atoms with E-state index in [9.17, 15) is 0 Å². The molecule has 0 aromatic heterocycles. The van der Waals surface area contributed by atoms with Gasteiger partial charge in [-0.2, -0.15) is 0 Å². The van der Waals surface area contributed by atoms with Crippen LogP contribution in [0.1, 0.15) is 0 Å². The zero-order valence-corrected chi connectivity index (χ0v) is 19.8. The molecule has 0 saturated carbocycles. The van der Waals surface area contributed by atoms with Gasteiger partial charge in [-0.15, -0.1) is 0 Å². The fourth-order valence-corrected chi connectivity index (χ4v) is 0. The Morgan fingerprint density at radius 1 is 0.231 bits per heavy atom. The molecule has 0 saturated heterocycles. The molecule has 13 heavy (non-hydrogen) atoms. The third kappa shape index (κ3) is 203. The van der Waals surface area contributed by atoms with Crippen molar-refractivity contribution in [3.05, 3.63) is 43.1 Å². The van der Waals surface area contributed by atoms with Crippen molar-refractivity contribution in [2.45, 2.75) is 0 Å². The zero-order valence-electron chi connectivity index (χ0n) is 5.69. The summed E-state index contributed by atoms with van der Waals surface area (Å²) in [7, 11) is 0. The van der Waals surface area contributed by atoms with Crippen molar-refractivity contribution in [3.8, 4) is 0 Å². The van der Waals surface area contributed by atoms with Crippen molar-refractivity contribution in [3.63, 3.8) is 0 Å². The molecular weight excluding hydrogens is 801 g/mol. The Morgan fingerprint density at radius 3 is 0.231 bits per heavy atom. The molecule has 3 radical (unpaired) electrons. The second-order valence-corrected chi connectivity index (χ2v) is 0. The first-order valence-electron chi connectivity index (χ1n) is 0. The van der Waals surface area contributed by atoms with Crippen LogP contribution in [-0.4, -0.2) is 0 Å². The van der Waals surface area contributed by atoms with Gasteiger partial charge in [-0.1, -0.05) is 0 Å². The largest absolute Gasteiger partial charge is 4.00 e. The summed E-state index contributed by atoms with van der Waals surface area (Å²) in [4.78, 5) is 0. The van der Waals surface area contributed by atoms with Crippen molar-refractivity contribution in [1.29, 1.82) is 0 Å². The molecule has 0 amide bonds. The third-order valence-corrected chi connectivity index (χ3v) is 0. The average molecular weight is 801 g/mol. The summed E-state index contributed by atoms with van der Waals surface area (Å²) in [6, 6.07) is 0. The van der Waals surface area contributed by atoms with E-state index in [1.165, 1.54) is 0 Å². The first-order chi connectivity index (χ1) is 0. The van der Waals surface area contributed by atoms with Crippen molar-refractivity contribution in [1.82, 2.24) is 0 Å². The molecule has 0 aliphatic rings. The Labute approximate surface area is 169 Å². The van der Waals surface area contributed by atoms with Gasteiger partial charge in [-0.25, -0.2) is 0 Å². The molecule has 0 spiro atoms. The maximum absolute atomic E-state index is 0. The van der Waals surface area contributed by atoms with E-state index < -0.39 is 0 Å². The van der Waals surface area contributed by atoms with Crippen LogP contribution in [0, 0.1) is 0 Å². The fourth-order valence-electron chi connectivity index (χ4n) is 0. The van der Waals surface area contributed by atoms with Gasteiger partial charge in [0.1, 0.15) is 0 Å². The van der Waals surface area contributed by atoms with Gasteiger partial charge >= 0.3 is 129 Å². The predicted molar refractivity (Wildman–Crippen MR) is 23.5 cm³/mol. The molecule has 0 aromatic carbocycles. The van der Waals surface area contributed by atoms with Gasteiger partial charge in [0.05, 0.1) is 0 Å². The van der Waals surface area contributed by atoms with Crippen LogP contribution in [0.15, 0.2) is 0 Å². The Balaban J connectivity index is 0. The minimum atomic E-state index is 0. The quantitative estimate of drug-likeness (QED) is 0.322. The molecular formula is Fe3Hf3N7. The van der Waals surface area contributed by atoms with E-state index in [2.05, 4.69) is 0 Å². The Hall–Kier alpha value is 3.89. The van der Waals surface area contributed by atoms with Crippen molar-refractivity contribution >= 4 is 0 Å². The molecule has 13 heteroatoms. The number of hydrogen-bond donors (Lipinski definition) is 0. The smallest absolute Gasteiger partial charge is 3.00 e. The molecule has 0 atom stereocenters. The molecule has 0 rings (SSSR count). The van der Waals surface area contributed by atoms with Gasteiger partial charge in [0.2, 0.25) is 0 Å². The molecule has 0 aliphatic heterocycles. The van der Waals surface area contributed by atoms with Crippen molar-refractivity contribution in [2.24, 2.45) is 0 Å². The van der Waals surface area contributed by atoms with Crippen molar-refractivity contribution in [2.75, 3.05) is 0 Å². The second-order valence-electron chi connectivity index (χ2n) is 0. The van der Waals surface area contributed by atoms with E-state index in [0.29, 0.717) is 0 Å². The average Bonchev–Trinajstić information content (AvgIpc) is 0. The molecule has 7 nitrogen and oxygen atoms in total. The van der Waals surface area contributed by atoms with E-state index in [-0.39, 0.29) is 172 Å². The van der Waals surface area contributed by atoms with Gasteiger partial charge in [0.15, 0.2) is 0 Å². The van der Waals surface area contributed by atoms with Gasteiger partial charge in [0, 0.05) is 0 Å². The van der Waals surface area contributed by atoms with Gasteiger partial charge in [-0.3, -0.25) is 0 Å². The second kappa shape index (κ2) is 233. The Kier molecular flexibility index (Phi) is 5050. The van der Waals surface area contributed by atoms with Crippen LogP contribution >= 0.6 is 0 Å². The zero-order chi connectivity index (χ0) is 0. The number of nitrogens with zero attached hydrogens (tertiary/aromatic N) is 7. The number of rotatable bonds is 0. The van der Waals surface area contributed by atoms with Crippen molar-refractivity contribution < 1.29 is 129 Å². The van der Waals surface area contributed by atoms with Crippen LogP contribution in [0.3, 0.4) is 0 Å². The van der Waals surface area contributed by atoms with E-state index in [0.717, 1.165) is 0 Å². The van der Waals surface area contributed by atoms with E-state index in [4.69, 9.17) is 0 Å². The van der Waals surface area contributed by atoms with Crippen LogP contribution in [0.25, 0.3) is 43.1 Å². The fraction of sp³-hybridized carbons (Fsp3) is 0. The Morgan fingerprint density at radius 2 is 0.231 bits per heavy atom. The summed E-state index contributed by atoms with van der Waals surface area (Å²) in [6.07, 6.45) is 0. The van der Waals surface area contributed by atoms with Gasteiger partial charge in [0.25, 0.3) is 0 Å².